The van der Waals surface area contributed by atoms with E-state index < -0.39 is 0 Å². The maximum absolute atomic E-state index is 11.5. The molecule has 2 nitrogen and oxygen atoms in total. The summed E-state index contributed by atoms with van der Waals surface area (Å²) in [4.78, 5) is 11.5. The van der Waals surface area contributed by atoms with E-state index in [1.54, 1.807) is 14.0 Å². The molecule has 2 heteroatoms. The molecule has 2 rings (SSSR count). The van der Waals surface area contributed by atoms with Crippen LogP contribution in [0.3, 0.4) is 0 Å². The fourth-order valence-corrected chi connectivity index (χ4v) is 2.41. The summed E-state index contributed by atoms with van der Waals surface area (Å²) in [6.07, 6.45) is 3.13. The summed E-state index contributed by atoms with van der Waals surface area (Å²) in [6, 6.07) is 3.85. The van der Waals surface area contributed by atoms with Gasteiger partial charge in [-0.05, 0) is 37.3 Å². The van der Waals surface area contributed by atoms with E-state index in [0.29, 0.717) is 5.76 Å². The Morgan fingerprint density at radius 1 is 1.25 bits per heavy atom. The van der Waals surface area contributed by atoms with Gasteiger partial charge in [-0.3, -0.25) is 4.79 Å². The Hall–Kier alpha value is -1.57. The van der Waals surface area contributed by atoms with E-state index in [1.165, 1.54) is 11.1 Å². The molecule has 0 heterocycles. The average Bonchev–Trinajstić information content (AvgIpc) is 2.75. The molecule has 1 aliphatic rings. The molecule has 0 fully saturated rings. The summed E-state index contributed by atoms with van der Waals surface area (Å²) in [5, 5.41) is 0. The quantitative estimate of drug-likeness (QED) is 0.573. The van der Waals surface area contributed by atoms with Crippen molar-refractivity contribution in [2.75, 3.05) is 7.11 Å². The van der Waals surface area contributed by atoms with E-state index in [4.69, 9.17) is 4.74 Å². The molecule has 1 aliphatic carbocycles. The summed E-state index contributed by atoms with van der Waals surface area (Å²) < 4.78 is 5.18. The van der Waals surface area contributed by atoms with Gasteiger partial charge in [-0.1, -0.05) is 18.7 Å². The lowest BCUT2D eigenvalue weighted by Crippen LogP contribution is -2.02. The van der Waals surface area contributed by atoms with Crippen LogP contribution in [0.4, 0.5) is 0 Å². The molecule has 1 aromatic carbocycles. The van der Waals surface area contributed by atoms with Crippen molar-refractivity contribution in [2.45, 2.75) is 26.2 Å². The Balaban J connectivity index is 2.57. The number of ether oxygens (including phenoxy) is 1. The van der Waals surface area contributed by atoms with E-state index in [9.17, 15) is 4.79 Å². The number of carbonyl (C=O) groups is 1. The largest absolute Gasteiger partial charge is 0.497 e. The molecule has 0 saturated heterocycles. The summed E-state index contributed by atoms with van der Waals surface area (Å²) in [7, 11) is 1.63. The second kappa shape index (κ2) is 4.12. The minimum absolute atomic E-state index is 0.146. The highest BCUT2D eigenvalue weighted by atomic mass is 16.5. The van der Waals surface area contributed by atoms with Crippen LogP contribution in [-0.4, -0.2) is 12.9 Å². The van der Waals surface area contributed by atoms with Crippen molar-refractivity contribution in [3.8, 4) is 0 Å². The predicted molar refractivity (Wildman–Crippen MR) is 64.5 cm³/mol. The van der Waals surface area contributed by atoms with Gasteiger partial charge >= 0.3 is 0 Å². The number of Topliss-reactive ketones (excluding diaryl/α,β-unsaturated/α-hetero) is 1. The third kappa shape index (κ3) is 1.64. The molecule has 0 aliphatic heterocycles. The van der Waals surface area contributed by atoms with Crippen molar-refractivity contribution in [1.82, 2.24) is 0 Å². The highest BCUT2D eigenvalue weighted by molar-refractivity contribution is 5.96. The topological polar surface area (TPSA) is 26.3 Å². The molecular weight excluding hydrogens is 200 g/mol. The monoisotopic (exact) mass is 216 g/mol. The second-order valence-electron chi connectivity index (χ2n) is 4.15. The summed E-state index contributed by atoms with van der Waals surface area (Å²) >= 11 is 0. The van der Waals surface area contributed by atoms with Crippen LogP contribution in [0.2, 0.25) is 0 Å². The highest BCUT2D eigenvalue weighted by Gasteiger charge is 2.21. The number of fused-ring (bicyclic) bond motifs is 1. The number of carbonyl (C=O) groups excluding carboxylic acids is 1. The van der Waals surface area contributed by atoms with Gasteiger partial charge in [-0.2, -0.15) is 0 Å². The molecule has 84 valence electrons. The first-order chi connectivity index (χ1) is 7.65. The number of methoxy groups -OCH3 is 1. The fourth-order valence-electron chi connectivity index (χ4n) is 2.41. The molecule has 0 saturated carbocycles. The zero-order valence-corrected chi connectivity index (χ0v) is 9.80. The Labute approximate surface area is 95.9 Å². The molecule has 0 aromatic heterocycles. The molecule has 0 radical (unpaired) electrons. The maximum Gasteiger partial charge on any atom is 0.160 e. The lowest BCUT2D eigenvalue weighted by Gasteiger charge is -2.12. The van der Waals surface area contributed by atoms with E-state index in [0.717, 1.165) is 30.4 Å². The van der Waals surface area contributed by atoms with E-state index >= 15 is 0 Å². The molecule has 1 aromatic rings. The molecule has 0 atom stereocenters. The molecular formula is C14H16O2. The third-order valence-corrected chi connectivity index (χ3v) is 3.21. The average molecular weight is 216 g/mol. The van der Waals surface area contributed by atoms with Gasteiger partial charge < -0.3 is 4.74 Å². The minimum atomic E-state index is 0.146. The van der Waals surface area contributed by atoms with E-state index in [2.05, 4.69) is 6.58 Å². The van der Waals surface area contributed by atoms with Crippen LogP contribution in [0.15, 0.2) is 18.7 Å². The first kappa shape index (κ1) is 10.9. The number of hydrogen-bond donors (Lipinski definition) is 0. The van der Waals surface area contributed by atoms with Gasteiger partial charge in [0, 0.05) is 11.1 Å². The Morgan fingerprint density at radius 2 is 1.81 bits per heavy atom. The van der Waals surface area contributed by atoms with Crippen molar-refractivity contribution < 1.29 is 9.53 Å². The first-order valence-corrected chi connectivity index (χ1v) is 5.54. The van der Waals surface area contributed by atoms with E-state index in [1.807, 2.05) is 12.1 Å². The van der Waals surface area contributed by atoms with Crippen LogP contribution in [0.1, 0.15) is 40.4 Å². The third-order valence-electron chi connectivity index (χ3n) is 3.21. The van der Waals surface area contributed by atoms with Gasteiger partial charge in [0.15, 0.2) is 5.78 Å². The molecule has 0 amide bonds. The Bertz CT molecular complexity index is 458. The second-order valence-corrected chi connectivity index (χ2v) is 4.15. The molecule has 0 N–H and O–H groups in total. The summed E-state index contributed by atoms with van der Waals surface area (Å²) in [5.41, 5.74) is 4.36. The normalized spacial score (nSPS) is 13.4. The van der Waals surface area contributed by atoms with Gasteiger partial charge in [-0.25, -0.2) is 0 Å². The van der Waals surface area contributed by atoms with Gasteiger partial charge in [0.05, 0.1) is 7.11 Å². The van der Waals surface area contributed by atoms with Crippen molar-refractivity contribution >= 4 is 11.5 Å². The lowest BCUT2D eigenvalue weighted by molar-refractivity contribution is 0.101. The SMILES string of the molecule is C=C(OC)c1ccc(C(C)=O)c2c1CCC2. The van der Waals surface area contributed by atoms with Crippen molar-refractivity contribution in [2.24, 2.45) is 0 Å². The Morgan fingerprint density at radius 3 is 2.38 bits per heavy atom. The van der Waals surface area contributed by atoms with Crippen molar-refractivity contribution in [1.29, 1.82) is 0 Å². The van der Waals surface area contributed by atoms with Crippen LogP contribution >= 0.6 is 0 Å². The molecule has 16 heavy (non-hydrogen) atoms. The van der Waals surface area contributed by atoms with Crippen LogP contribution in [0, 0.1) is 0 Å². The maximum atomic E-state index is 11.5. The van der Waals surface area contributed by atoms with Crippen molar-refractivity contribution in [3.05, 3.63) is 41.0 Å². The van der Waals surface area contributed by atoms with Crippen LogP contribution in [0.5, 0.6) is 0 Å². The van der Waals surface area contributed by atoms with Gasteiger partial charge in [0.25, 0.3) is 0 Å². The molecule has 0 spiro atoms. The van der Waals surface area contributed by atoms with Gasteiger partial charge in [-0.15, -0.1) is 0 Å². The lowest BCUT2D eigenvalue weighted by atomic mass is 9.95. The first-order valence-electron chi connectivity index (χ1n) is 5.54. The standard InChI is InChI=1S/C14H16O2/c1-9(15)11-7-8-12(10(2)16-3)14-6-4-5-13(11)14/h7-8H,2,4-6H2,1,3H3. The van der Waals surface area contributed by atoms with Crippen molar-refractivity contribution in [3.63, 3.8) is 0 Å². The van der Waals surface area contributed by atoms with E-state index in [-0.39, 0.29) is 5.78 Å². The zero-order valence-electron chi connectivity index (χ0n) is 9.80. The molecule has 0 unspecified atom stereocenters. The smallest absolute Gasteiger partial charge is 0.160 e. The molecule has 0 bridgehead atoms. The number of benzene rings is 1. The minimum Gasteiger partial charge on any atom is -0.497 e. The zero-order chi connectivity index (χ0) is 11.7. The number of hydrogen-bond acceptors (Lipinski definition) is 2. The predicted octanol–water partition coefficient (Wildman–Crippen LogP) is 3.00. The number of ketones is 1. The Kier molecular flexibility index (Phi) is 2.82. The van der Waals surface area contributed by atoms with Crippen LogP contribution in [0.25, 0.3) is 5.76 Å². The van der Waals surface area contributed by atoms with Crippen LogP contribution in [-0.2, 0) is 17.6 Å². The summed E-state index contributed by atoms with van der Waals surface area (Å²) in [5.74, 6) is 0.834. The highest BCUT2D eigenvalue weighted by Crippen LogP contribution is 2.32. The van der Waals surface area contributed by atoms with Gasteiger partial charge in [0.1, 0.15) is 5.76 Å². The fraction of sp³-hybridized carbons (Fsp3) is 0.357. The van der Waals surface area contributed by atoms with Crippen LogP contribution < -0.4 is 0 Å². The number of rotatable bonds is 3. The summed E-state index contributed by atoms with van der Waals surface area (Å²) in [6.45, 7) is 5.51. The van der Waals surface area contributed by atoms with Gasteiger partial charge in [0.2, 0.25) is 0 Å².